The molecule has 2 aromatic rings. The van der Waals surface area contributed by atoms with Crippen LogP contribution in [0.2, 0.25) is 0 Å². The number of rotatable bonds is 5. The number of amides is 2. The maximum absolute atomic E-state index is 12.9. The Kier molecular flexibility index (Phi) is 5.65. The summed E-state index contributed by atoms with van der Waals surface area (Å²) in [7, 11) is 3.02. The predicted molar refractivity (Wildman–Crippen MR) is 104 cm³/mol. The fourth-order valence-electron chi connectivity index (χ4n) is 3.18. The van der Waals surface area contributed by atoms with Crippen molar-refractivity contribution in [2.75, 3.05) is 19.5 Å². The number of likely N-dealkylation sites (N-methyl/N-ethyl adjacent to an activating group) is 1. The zero-order chi connectivity index (χ0) is 22.1. The van der Waals surface area contributed by atoms with Crippen LogP contribution in [0.25, 0.3) is 0 Å². The molecule has 1 N–H and O–H groups in total. The van der Waals surface area contributed by atoms with Gasteiger partial charge in [-0.05, 0) is 49.7 Å². The van der Waals surface area contributed by atoms with E-state index in [0.717, 1.165) is 12.1 Å². The van der Waals surface area contributed by atoms with Gasteiger partial charge in [0.05, 0.1) is 18.4 Å². The molecule has 0 saturated carbocycles. The fourth-order valence-corrected chi connectivity index (χ4v) is 3.18. The van der Waals surface area contributed by atoms with Crippen LogP contribution in [0.3, 0.4) is 0 Å². The van der Waals surface area contributed by atoms with Crippen LogP contribution in [0, 0.1) is 0 Å². The van der Waals surface area contributed by atoms with Gasteiger partial charge in [0.15, 0.2) is 0 Å². The Morgan fingerprint density at radius 3 is 2.30 bits per heavy atom. The first-order valence-corrected chi connectivity index (χ1v) is 9.16. The molecule has 2 aromatic carbocycles. The van der Waals surface area contributed by atoms with Crippen molar-refractivity contribution in [2.24, 2.45) is 0 Å². The molecule has 0 unspecified atom stereocenters. The highest BCUT2D eigenvalue weighted by molar-refractivity contribution is 6.02. The highest BCUT2D eigenvalue weighted by atomic mass is 19.4. The summed E-state index contributed by atoms with van der Waals surface area (Å²) in [6.45, 7) is 1.68. The molecular formula is C21H21F3N2O4. The Bertz CT molecular complexity index is 960. The number of hydrogen-bond acceptors (Lipinski definition) is 4. The lowest BCUT2D eigenvalue weighted by Crippen LogP contribution is -2.50. The highest BCUT2D eigenvalue weighted by Gasteiger charge is 2.45. The maximum atomic E-state index is 12.9. The lowest BCUT2D eigenvalue weighted by atomic mass is 9.98. The number of carbonyl (C=O) groups is 2. The van der Waals surface area contributed by atoms with Crippen molar-refractivity contribution in [1.82, 2.24) is 4.90 Å². The summed E-state index contributed by atoms with van der Waals surface area (Å²) >= 11 is 0. The summed E-state index contributed by atoms with van der Waals surface area (Å²) in [5.74, 6) is 0.393. The summed E-state index contributed by atoms with van der Waals surface area (Å²) in [5, 5.41) is 2.76. The monoisotopic (exact) mass is 422 g/mol. The molecule has 0 aromatic heterocycles. The molecule has 3 rings (SSSR count). The Morgan fingerprint density at radius 1 is 1.13 bits per heavy atom. The molecule has 0 aliphatic carbocycles. The van der Waals surface area contributed by atoms with E-state index in [1.807, 2.05) is 0 Å². The number of nitrogens with one attached hydrogen (secondary N) is 1. The van der Waals surface area contributed by atoms with Crippen LogP contribution in [0.1, 0.15) is 25.3 Å². The third-order valence-electron chi connectivity index (χ3n) is 5.27. The van der Waals surface area contributed by atoms with Crippen molar-refractivity contribution in [3.8, 4) is 17.2 Å². The molecule has 30 heavy (non-hydrogen) atoms. The highest BCUT2D eigenvalue weighted by Crippen LogP contribution is 2.36. The number of benzene rings is 2. The molecule has 0 bridgehead atoms. The molecule has 160 valence electrons. The van der Waals surface area contributed by atoms with Crippen molar-refractivity contribution in [3.63, 3.8) is 0 Å². The van der Waals surface area contributed by atoms with Gasteiger partial charge >= 0.3 is 6.18 Å². The summed E-state index contributed by atoms with van der Waals surface area (Å²) < 4.78 is 49.0. The number of carbonyl (C=O) groups excluding carboxylic acids is 2. The first-order chi connectivity index (χ1) is 14.0. The van der Waals surface area contributed by atoms with E-state index in [-0.39, 0.29) is 24.0 Å². The largest absolute Gasteiger partial charge is 0.495 e. The molecule has 6 nitrogen and oxygen atoms in total. The van der Waals surface area contributed by atoms with Gasteiger partial charge in [0, 0.05) is 19.5 Å². The number of anilines is 1. The molecule has 2 amide bonds. The summed E-state index contributed by atoms with van der Waals surface area (Å²) in [5.41, 5.74) is -1.45. The zero-order valence-corrected chi connectivity index (χ0v) is 16.7. The van der Waals surface area contributed by atoms with Gasteiger partial charge < -0.3 is 19.7 Å². The van der Waals surface area contributed by atoms with Gasteiger partial charge in [0.2, 0.25) is 11.8 Å². The number of likely N-dealkylation sites (tertiary alicyclic amines) is 1. The van der Waals surface area contributed by atoms with Crippen molar-refractivity contribution < 1.29 is 32.2 Å². The van der Waals surface area contributed by atoms with Gasteiger partial charge in [0.1, 0.15) is 22.8 Å². The molecule has 1 aliphatic heterocycles. The number of hydrogen-bond donors (Lipinski definition) is 1. The van der Waals surface area contributed by atoms with Crippen LogP contribution in [-0.2, 0) is 15.8 Å². The molecule has 1 aliphatic rings. The molecular weight excluding hydrogens is 401 g/mol. The van der Waals surface area contributed by atoms with E-state index in [1.54, 1.807) is 26.1 Å². The topological polar surface area (TPSA) is 67.9 Å². The van der Waals surface area contributed by atoms with E-state index in [4.69, 9.17) is 9.47 Å². The fraction of sp³-hybridized carbons (Fsp3) is 0.333. The van der Waals surface area contributed by atoms with Crippen molar-refractivity contribution in [2.45, 2.75) is 31.5 Å². The Balaban J connectivity index is 1.80. The minimum Gasteiger partial charge on any atom is -0.495 e. The summed E-state index contributed by atoms with van der Waals surface area (Å²) in [6, 6.07) is 8.93. The standard InChI is InChI=1S/C21H21F3N2O4/c1-20(11-10-18(27)26(20)2)19(28)25-16-12-15(8-9-17(16)29-3)30-14-6-4-13(5-7-14)21(22,23)24/h4-9,12H,10-11H2,1-3H3,(H,25,28)/t20-/m1/s1. The molecule has 9 heteroatoms. The third kappa shape index (κ3) is 4.19. The van der Waals surface area contributed by atoms with E-state index in [0.29, 0.717) is 23.6 Å². The van der Waals surface area contributed by atoms with Crippen LogP contribution in [0.15, 0.2) is 42.5 Å². The second-order valence-corrected chi connectivity index (χ2v) is 7.17. The first-order valence-electron chi connectivity index (χ1n) is 9.16. The Labute approximate surface area is 171 Å². The second kappa shape index (κ2) is 7.89. The van der Waals surface area contributed by atoms with E-state index >= 15 is 0 Å². The van der Waals surface area contributed by atoms with E-state index in [9.17, 15) is 22.8 Å². The van der Waals surface area contributed by atoms with E-state index in [2.05, 4.69) is 5.32 Å². The summed E-state index contributed by atoms with van der Waals surface area (Å²) in [4.78, 5) is 26.1. The number of halogens is 3. The van der Waals surface area contributed by atoms with Crippen LogP contribution in [0.5, 0.6) is 17.2 Å². The van der Waals surface area contributed by atoms with Crippen molar-refractivity contribution in [1.29, 1.82) is 0 Å². The lowest BCUT2D eigenvalue weighted by Gasteiger charge is -2.31. The van der Waals surface area contributed by atoms with Gasteiger partial charge in [-0.2, -0.15) is 13.2 Å². The van der Waals surface area contributed by atoms with Gasteiger partial charge in [-0.1, -0.05) is 0 Å². The zero-order valence-electron chi connectivity index (χ0n) is 16.7. The van der Waals surface area contributed by atoms with Crippen LogP contribution in [-0.4, -0.2) is 36.4 Å². The number of alkyl halides is 3. The smallest absolute Gasteiger partial charge is 0.416 e. The van der Waals surface area contributed by atoms with E-state index < -0.39 is 17.3 Å². The van der Waals surface area contributed by atoms with Gasteiger partial charge in [-0.25, -0.2) is 0 Å². The maximum Gasteiger partial charge on any atom is 0.416 e. The third-order valence-corrected chi connectivity index (χ3v) is 5.27. The predicted octanol–water partition coefficient (Wildman–Crippen LogP) is 4.46. The van der Waals surface area contributed by atoms with Crippen LogP contribution >= 0.6 is 0 Å². The average molecular weight is 422 g/mol. The SMILES string of the molecule is COc1ccc(Oc2ccc(C(F)(F)F)cc2)cc1NC(=O)[C@@]1(C)CCC(=O)N1C. The number of ether oxygens (including phenoxy) is 2. The Morgan fingerprint density at radius 2 is 1.77 bits per heavy atom. The van der Waals surface area contributed by atoms with Gasteiger partial charge in [-0.15, -0.1) is 0 Å². The molecule has 1 fully saturated rings. The number of methoxy groups -OCH3 is 1. The minimum absolute atomic E-state index is 0.112. The molecule has 0 spiro atoms. The van der Waals surface area contributed by atoms with Crippen LogP contribution in [0.4, 0.5) is 18.9 Å². The van der Waals surface area contributed by atoms with Crippen LogP contribution < -0.4 is 14.8 Å². The molecule has 0 radical (unpaired) electrons. The normalized spacial score (nSPS) is 19.0. The molecule has 1 saturated heterocycles. The molecule has 1 atom stereocenters. The minimum atomic E-state index is -4.43. The molecule has 1 heterocycles. The van der Waals surface area contributed by atoms with Crippen molar-refractivity contribution >= 4 is 17.5 Å². The lowest BCUT2D eigenvalue weighted by molar-refractivity contribution is -0.137. The van der Waals surface area contributed by atoms with Gasteiger partial charge in [0.25, 0.3) is 0 Å². The van der Waals surface area contributed by atoms with Gasteiger partial charge in [-0.3, -0.25) is 9.59 Å². The van der Waals surface area contributed by atoms with E-state index in [1.165, 1.54) is 30.2 Å². The average Bonchev–Trinajstić information content (AvgIpc) is 2.96. The first kappa shape index (κ1) is 21.5. The Hall–Kier alpha value is -3.23. The summed E-state index contributed by atoms with van der Waals surface area (Å²) in [6.07, 6.45) is -3.76. The second-order valence-electron chi connectivity index (χ2n) is 7.17. The number of nitrogens with zero attached hydrogens (tertiary/aromatic N) is 1. The van der Waals surface area contributed by atoms with Crippen molar-refractivity contribution in [3.05, 3.63) is 48.0 Å². The quantitative estimate of drug-likeness (QED) is 0.773.